The number of fused-ring (bicyclic) bond motifs is 8. The fourth-order valence-corrected chi connectivity index (χ4v) is 8.57. The lowest BCUT2D eigenvalue weighted by Crippen LogP contribution is -2.34. The third kappa shape index (κ3) is 4.81. The molecular formula is C43H33F6NO2. The Hall–Kier alpha value is -5.18. The van der Waals surface area contributed by atoms with Crippen molar-refractivity contribution in [3.8, 4) is 22.6 Å². The average Bonchev–Trinajstić information content (AvgIpc) is 3.56. The van der Waals surface area contributed by atoms with Gasteiger partial charge < -0.3 is 14.4 Å². The van der Waals surface area contributed by atoms with Crippen molar-refractivity contribution in [1.29, 1.82) is 0 Å². The van der Waals surface area contributed by atoms with Crippen molar-refractivity contribution in [2.75, 3.05) is 11.4 Å². The fraction of sp³-hybridized carbons (Fsp3) is 0.256. The molecule has 0 amide bonds. The summed E-state index contributed by atoms with van der Waals surface area (Å²) >= 11 is 0. The predicted octanol–water partition coefficient (Wildman–Crippen LogP) is 12.3. The molecule has 1 spiro atoms. The van der Waals surface area contributed by atoms with Gasteiger partial charge in [-0.15, -0.1) is 0 Å². The molecule has 5 aliphatic rings. The van der Waals surface area contributed by atoms with Crippen molar-refractivity contribution in [3.05, 3.63) is 147 Å². The van der Waals surface area contributed by atoms with Crippen molar-refractivity contribution >= 4 is 17.5 Å². The molecule has 0 aromatic heterocycles. The first kappa shape index (κ1) is 32.7. The Morgan fingerprint density at radius 1 is 0.731 bits per heavy atom. The van der Waals surface area contributed by atoms with Gasteiger partial charge in [0.15, 0.2) is 5.60 Å². The third-order valence-corrected chi connectivity index (χ3v) is 11.1. The largest absolute Gasteiger partial charge is 0.473 e. The average molecular weight is 710 g/mol. The van der Waals surface area contributed by atoms with E-state index in [2.05, 4.69) is 47.9 Å². The van der Waals surface area contributed by atoms with Gasteiger partial charge in [-0.3, -0.25) is 0 Å². The van der Waals surface area contributed by atoms with Crippen LogP contribution in [0.15, 0.2) is 108 Å². The van der Waals surface area contributed by atoms with E-state index in [0.29, 0.717) is 18.1 Å². The Balaban J connectivity index is 1.16. The molecule has 264 valence electrons. The molecule has 0 saturated carbocycles. The first-order valence-electron chi connectivity index (χ1n) is 17.3. The Bertz CT molecular complexity index is 2290. The predicted molar refractivity (Wildman–Crippen MR) is 189 cm³/mol. The maximum atomic E-state index is 13.7. The summed E-state index contributed by atoms with van der Waals surface area (Å²) < 4.78 is 96.0. The lowest BCUT2D eigenvalue weighted by Gasteiger charge is -2.40. The van der Waals surface area contributed by atoms with E-state index in [4.69, 9.17) is 9.47 Å². The number of nitrogens with zero attached hydrogens (tertiary/aromatic N) is 1. The van der Waals surface area contributed by atoms with Gasteiger partial charge in [-0.2, -0.15) is 26.3 Å². The van der Waals surface area contributed by atoms with Crippen LogP contribution in [0.25, 0.3) is 17.2 Å². The summed E-state index contributed by atoms with van der Waals surface area (Å²) in [6.07, 6.45) is 2.32. The smallest absolute Gasteiger partial charge is 0.416 e. The van der Waals surface area contributed by atoms with Gasteiger partial charge >= 0.3 is 12.4 Å². The molecule has 3 heterocycles. The van der Waals surface area contributed by atoms with Gasteiger partial charge in [0.1, 0.15) is 17.3 Å². The van der Waals surface area contributed by atoms with E-state index < -0.39 is 34.5 Å². The number of anilines is 2. The monoisotopic (exact) mass is 709 g/mol. The summed E-state index contributed by atoms with van der Waals surface area (Å²) in [5.74, 6) is 2.05. The second-order valence-electron chi connectivity index (χ2n) is 14.8. The third-order valence-electron chi connectivity index (χ3n) is 11.1. The van der Waals surface area contributed by atoms with Crippen LogP contribution in [0.2, 0.25) is 0 Å². The molecule has 3 aliphatic heterocycles. The number of aryl methyl sites for hydroxylation is 1. The van der Waals surface area contributed by atoms with Crippen LogP contribution in [0.5, 0.6) is 11.5 Å². The summed E-state index contributed by atoms with van der Waals surface area (Å²) in [4.78, 5) is 2.12. The van der Waals surface area contributed by atoms with E-state index in [1.165, 1.54) is 5.56 Å². The maximum Gasteiger partial charge on any atom is 0.416 e. The van der Waals surface area contributed by atoms with E-state index >= 15 is 0 Å². The number of halogens is 6. The first-order chi connectivity index (χ1) is 24.6. The minimum atomic E-state index is -4.94. The van der Waals surface area contributed by atoms with Crippen molar-refractivity contribution < 1.29 is 35.8 Å². The minimum Gasteiger partial charge on any atom is -0.473 e. The summed E-state index contributed by atoms with van der Waals surface area (Å²) in [6, 6.07) is 17.1. The maximum absolute atomic E-state index is 13.7. The van der Waals surface area contributed by atoms with Gasteiger partial charge in [0.05, 0.1) is 11.1 Å². The normalized spacial score (nSPS) is 21.0. The molecule has 0 fully saturated rings. The van der Waals surface area contributed by atoms with Gasteiger partial charge in [-0.25, -0.2) is 0 Å². The lowest BCUT2D eigenvalue weighted by atomic mass is 9.74. The van der Waals surface area contributed by atoms with E-state index in [9.17, 15) is 26.3 Å². The van der Waals surface area contributed by atoms with Crippen LogP contribution >= 0.6 is 0 Å². The van der Waals surface area contributed by atoms with Crippen LogP contribution in [-0.2, 0) is 34.5 Å². The number of ether oxygens (including phenoxy) is 2. The van der Waals surface area contributed by atoms with Gasteiger partial charge in [-0.1, -0.05) is 62.9 Å². The molecule has 0 N–H and O–H groups in total. The minimum absolute atomic E-state index is 0.147. The van der Waals surface area contributed by atoms with E-state index in [0.717, 1.165) is 88.3 Å². The Morgan fingerprint density at radius 2 is 1.44 bits per heavy atom. The molecule has 4 aromatic carbocycles. The van der Waals surface area contributed by atoms with E-state index in [1.54, 1.807) is 18.2 Å². The molecule has 0 radical (unpaired) electrons. The quantitative estimate of drug-likeness (QED) is 0.193. The molecule has 4 aromatic rings. The van der Waals surface area contributed by atoms with Crippen LogP contribution in [-0.4, -0.2) is 6.54 Å². The van der Waals surface area contributed by atoms with Crippen LogP contribution in [0.3, 0.4) is 0 Å². The molecule has 1 atom stereocenters. The van der Waals surface area contributed by atoms with Crippen LogP contribution in [0.4, 0.5) is 37.7 Å². The van der Waals surface area contributed by atoms with Gasteiger partial charge in [0.2, 0.25) is 0 Å². The molecule has 0 bridgehead atoms. The molecule has 3 nitrogen and oxygen atoms in total. The summed E-state index contributed by atoms with van der Waals surface area (Å²) in [6.45, 7) is 8.87. The van der Waals surface area contributed by atoms with Gasteiger partial charge in [-0.05, 0) is 90.4 Å². The molecule has 0 saturated heterocycles. The molecule has 2 aliphatic carbocycles. The molecule has 52 heavy (non-hydrogen) atoms. The zero-order valence-corrected chi connectivity index (χ0v) is 28.4. The molecule has 1 unspecified atom stereocenters. The fourth-order valence-electron chi connectivity index (χ4n) is 8.57. The number of allylic oxidation sites excluding steroid dienone is 3. The Labute approximate surface area is 297 Å². The van der Waals surface area contributed by atoms with E-state index in [-0.39, 0.29) is 17.2 Å². The second-order valence-corrected chi connectivity index (χ2v) is 14.8. The lowest BCUT2D eigenvalue weighted by molar-refractivity contribution is -0.143. The number of alkyl halides is 6. The van der Waals surface area contributed by atoms with Gasteiger partial charge in [0.25, 0.3) is 0 Å². The number of benzene rings is 4. The summed E-state index contributed by atoms with van der Waals surface area (Å²) in [5.41, 5.74) is 4.66. The van der Waals surface area contributed by atoms with Crippen LogP contribution in [0, 0.1) is 0 Å². The second kappa shape index (κ2) is 10.9. The highest BCUT2D eigenvalue weighted by Crippen LogP contribution is 2.61. The van der Waals surface area contributed by atoms with Crippen molar-refractivity contribution in [3.63, 3.8) is 0 Å². The number of hydrogen-bond acceptors (Lipinski definition) is 3. The Kier molecular flexibility index (Phi) is 6.87. The molecule has 9 heteroatoms. The highest BCUT2D eigenvalue weighted by molar-refractivity contribution is 5.80. The van der Waals surface area contributed by atoms with Crippen LogP contribution in [0.1, 0.15) is 72.1 Å². The Morgan fingerprint density at radius 3 is 2.19 bits per heavy atom. The number of rotatable bonds is 2. The zero-order valence-electron chi connectivity index (χ0n) is 28.4. The zero-order chi connectivity index (χ0) is 36.4. The standard InChI is InChI=1S/C43H33F6NO2/c1-24-31-9-6-7-11-33(31)41(52-24)34-16-14-30(22-38(34)51-39-32-10-5-4-8-25(32)12-15-35(39)41)50-23-40(2,3)36-20-26(13-17-37(36)50)27-18-28(42(44,45)46)21-29(19-27)43(47,48)49/h5,7,10-22H,1,4,6,8-9,23H2,2-3H3. The highest BCUT2D eigenvalue weighted by atomic mass is 19.4. The van der Waals surface area contributed by atoms with Crippen molar-refractivity contribution in [1.82, 2.24) is 0 Å². The molecular weight excluding hydrogens is 676 g/mol. The van der Waals surface area contributed by atoms with Crippen molar-refractivity contribution in [2.45, 2.75) is 62.9 Å². The topological polar surface area (TPSA) is 21.7 Å². The summed E-state index contributed by atoms with van der Waals surface area (Å²) in [7, 11) is 0. The van der Waals surface area contributed by atoms with Gasteiger partial charge in [0, 0.05) is 57.2 Å². The SMILES string of the molecule is C=C1OC2(C3=C1CCC=C3)c1ccc(N3CC(C)(C)c4cc(-c5cc(C(F)(F)F)cc(C(F)(F)F)c5)ccc43)cc1Oc1c2ccc2c1C=CCC2. The van der Waals surface area contributed by atoms with E-state index in [1.807, 2.05) is 32.0 Å². The van der Waals surface area contributed by atoms with Crippen molar-refractivity contribution in [2.24, 2.45) is 0 Å². The number of hydrogen-bond donors (Lipinski definition) is 0. The van der Waals surface area contributed by atoms with Crippen LogP contribution < -0.4 is 9.64 Å². The highest BCUT2D eigenvalue weighted by Gasteiger charge is 2.53. The first-order valence-corrected chi connectivity index (χ1v) is 17.3. The molecule has 9 rings (SSSR count). The summed E-state index contributed by atoms with van der Waals surface area (Å²) in [5, 5.41) is 0.